The molecule has 182 valence electrons. The molecule has 1 atom stereocenters. The number of carbonyl (C=O) groups is 2. The average Bonchev–Trinajstić information content (AvgIpc) is 3.20. The van der Waals surface area contributed by atoms with Crippen molar-refractivity contribution in [2.24, 2.45) is 4.99 Å². The van der Waals surface area contributed by atoms with E-state index in [0.29, 0.717) is 11.3 Å². The molecule has 2 aliphatic heterocycles. The third-order valence-corrected chi connectivity index (χ3v) is 6.84. The fraction of sp³-hybridized carbons (Fsp3) is 0.321. The van der Waals surface area contributed by atoms with Crippen LogP contribution in [0, 0.1) is 13.8 Å². The lowest BCUT2D eigenvalue weighted by Crippen LogP contribution is -2.39. The predicted molar refractivity (Wildman–Crippen MR) is 140 cm³/mol. The highest BCUT2D eigenvalue weighted by atomic mass is 32.2. The average molecular weight is 490 g/mol. The maximum atomic E-state index is 13.5. The molecule has 0 fully saturated rings. The van der Waals surface area contributed by atoms with Crippen molar-refractivity contribution in [2.45, 2.75) is 59.7 Å². The fourth-order valence-corrected chi connectivity index (χ4v) is 5.28. The molecule has 0 saturated heterocycles. The largest absolute Gasteiger partial charge is 0.457 e. The molecular weight excluding hydrogens is 458 g/mol. The summed E-state index contributed by atoms with van der Waals surface area (Å²) in [5.41, 5.74) is 6.03. The zero-order valence-corrected chi connectivity index (χ0v) is 21.6. The minimum Gasteiger partial charge on any atom is -0.457 e. The van der Waals surface area contributed by atoms with Gasteiger partial charge in [0.05, 0.1) is 23.7 Å². The van der Waals surface area contributed by atoms with Gasteiger partial charge in [0.2, 0.25) is 5.91 Å². The highest BCUT2D eigenvalue weighted by molar-refractivity contribution is 8.16. The second-order valence-corrected chi connectivity index (χ2v) is 10.1. The standard InChI is InChI=1S/C28H31N3O3S/c1-17(2)29-24(32)14-22-16-35-28-30-20(5)25(27(33)34-15-21-9-7-6-8-10-21)26(31(22)28)23-13-18(3)11-12-19(23)4/h6-13,16-17,26H,14-15H2,1-5H3,(H,29,32). The van der Waals surface area contributed by atoms with Crippen molar-refractivity contribution in [3.8, 4) is 0 Å². The van der Waals surface area contributed by atoms with Gasteiger partial charge in [-0.3, -0.25) is 4.79 Å². The third-order valence-electron chi connectivity index (χ3n) is 5.95. The van der Waals surface area contributed by atoms with Gasteiger partial charge in [0.1, 0.15) is 6.61 Å². The summed E-state index contributed by atoms with van der Waals surface area (Å²) < 4.78 is 5.78. The molecule has 1 unspecified atom stereocenters. The number of aryl methyl sites for hydroxylation is 2. The van der Waals surface area contributed by atoms with Crippen LogP contribution in [0.25, 0.3) is 0 Å². The van der Waals surface area contributed by atoms with Crippen LogP contribution < -0.4 is 5.32 Å². The van der Waals surface area contributed by atoms with E-state index in [1.54, 1.807) is 0 Å². The molecule has 6 nitrogen and oxygen atoms in total. The van der Waals surface area contributed by atoms with Crippen LogP contribution >= 0.6 is 11.8 Å². The number of thioether (sulfide) groups is 1. The third kappa shape index (κ3) is 5.51. The zero-order valence-electron chi connectivity index (χ0n) is 20.8. The summed E-state index contributed by atoms with van der Waals surface area (Å²) in [6.45, 7) is 9.99. The Hall–Kier alpha value is -3.32. The summed E-state index contributed by atoms with van der Waals surface area (Å²) >= 11 is 1.48. The van der Waals surface area contributed by atoms with Gasteiger partial charge in [-0.15, -0.1) is 0 Å². The first-order chi connectivity index (χ1) is 16.7. The summed E-state index contributed by atoms with van der Waals surface area (Å²) in [5.74, 6) is -0.463. The number of amidine groups is 1. The van der Waals surface area contributed by atoms with E-state index in [0.717, 1.165) is 33.1 Å². The first-order valence-electron chi connectivity index (χ1n) is 11.8. The van der Waals surface area contributed by atoms with Gasteiger partial charge in [0.15, 0.2) is 5.17 Å². The second-order valence-electron chi connectivity index (χ2n) is 9.21. The highest BCUT2D eigenvalue weighted by Gasteiger charge is 2.41. The molecule has 1 amide bonds. The van der Waals surface area contributed by atoms with Crippen LogP contribution in [0.15, 0.2) is 75.9 Å². The van der Waals surface area contributed by atoms with Crippen LogP contribution in [0.1, 0.15) is 55.5 Å². The Morgan fingerprint density at radius 2 is 1.86 bits per heavy atom. The molecule has 2 aliphatic rings. The summed E-state index contributed by atoms with van der Waals surface area (Å²) in [4.78, 5) is 33.0. The van der Waals surface area contributed by atoms with E-state index in [1.807, 2.05) is 75.3 Å². The van der Waals surface area contributed by atoms with E-state index in [1.165, 1.54) is 11.8 Å². The number of nitrogens with zero attached hydrogens (tertiary/aromatic N) is 2. The van der Waals surface area contributed by atoms with Gasteiger partial charge in [-0.05, 0) is 56.7 Å². The van der Waals surface area contributed by atoms with Gasteiger partial charge in [-0.2, -0.15) is 0 Å². The van der Waals surface area contributed by atoms with Gasteiger partial charge in [-0.1, -0.05) is 65.9 Å². The molecule has 2 aromatic carbocycles. The maximum absolute atomic E-state index is 13.5. The number of fused-ring (bicyclic) bond motifs is 1. The number of nitrogens with one attached hydrogen (secondary N) is 1. The van der Waals surface area contributed by atoms with Crippen LogP contribution in [0.3, 0.4) is 0 Å². The lowest BCUT2D eigenvalue weighted by atomic mass is 9.90. The summed E-state index contributed by atoms with van der Waals surface area (Å²) in [6, 6.07) is 15.5. The number of hydrogen-bond acceptors (Lipinski definition) is 6. The monoisotopic (exact) mass is 489 g/mol. The molecule has 0 radical (unpaired) electrons. The Labute approximate surface area is 211 Å². The predicted octanol–water partition coefficient (Wildman–Crippen LogP) is 5.54. The smallest absolute Gasteiger partial charge is 0.338 e. The first-order valence-corrected chi connectivity index (χ1v) is 12.6. The molecule has 0 bridgehead atoms. The first kappa shape index (κ1) is 24.8. The molecule has 4 rings (SSSR count). The molecule has 0 aliphatic carbocycles. The summed E-state index contributed by atoms with van der Waals surface area (Å²) in [6.07, 6.45) is 0.205. The van der Waals surface area contributed by atoms with Crippen molar-refractivity contribution in [1.29, 1.82) is 0 Å². The maximum Gasteiger partial charge on any atom is 0.338 e. The van der Waals surface area contributed by atoms with Crippen molar-refractivity contribution in [3.05, 3.63) is 93.2 Å². The Balaban J connectivity index is 1.72. The minimum absolute atomic E-state index is 0.0483. The van der Waals surface area contributed by atoms with Gasteiger partial charge in [0, 0.05) is 11.7 Å². The molecule has 2 aromatic rings. The van der Waals surface area contributed by atoms with Crippen molar-refractivity contribution < 1.29 is 14.3 Å². The Bertz CT molecular complexity index is 1230. The number of amides is 1. The molecule has 0 aromatic heterocycles. The van der Waals surface area contributed by atoms with E-state index in [4.69, 9.17) is 9.73 Å². The van der Waals surface area contributed by atoms with Crippen LogP contribution in [0.2, 0.25) is 0 Å². The van der Waals surface area contributed by atoms with Crippen LogP contribution in [0.4, 0.5) is 0 Å². The molecule has 7 heteroatoms. The normalized spacial score (nSPS) is 17.2. The van der Waals surface area contributed by atoms with E-state index in [2.05, 4.69) is 23.5 Å². The van der Waals surface area contributed by atoms with E-state index in [-0.39, 0.29) is 25.0 Å². The molecule has 0 saturated carbocycles. The molecular formula is C28H31N3O3S. The number of allylic oxidation sites excluding steroid dienone is 1. The van der Waals surface area contributed by atoms with E-state index >= 15 is 0 Å². The highest BCUT2D eigenvalue weighted by Crippen LogP contribution is 2.45. The number of carbonyl (C=O) groups excluding carboxylic acids is 2. The lowest BCUT2D eigenvalue weighted by molar-refractivity contribution is -0.141. The Kier molecular flexibility index (Phi) is 7.45. The number of hydrogen-bond donors (Lipinski definition) is 1. The lowest BCUT2D eigenvalue weighted by Gasteiger charge is -2.37. The topological polar surface area (TPSA) is 71.0 Å². The number of aliphatic imine (C=N–C) groups is 1. The SMILES string of the molecule is CC1=C(C(=O)OCc2ccccc2)C(c2cc(C)ccc2C)N2C(CC(=O)NC(C)C)=CSC2=N1. The Morgan fingerprint density at radius 3 is 2.57 bits per heavy atom. The van der Waals surface area contributed by atoms with Crippen molar-refractivity contribution >= 4 is 28.8 Å². The van der Waals surface area contributed by atoms with Gasteiger partial charge < -0.3 is 15.0 Å². The second kappa shape index (κ2) is 10.5. The van der Waals surface area contributed by atoms with Crippen molar-refractivity contribution in [3.63, 3.8) is 0 Å². The van der Waals surface area contributed by atoms with E-state index in [9.17, 15) is 9.59 Å². The molecule has 35 heavy (non-hydrogen) atoms. The molecule has 2 heterocycles. The number of esters is 1. The fourth-order valence-electron chi connectivity index (χ4n) is 4.32. The minimum atomic E-state index is -0.432. The zero-order chi connectivity index (χ0) is 25.1. The summed E-state index contributed by atoms with van der Waals surface area (Å²) in [7, 11) is 0. The number of ether oxygens (including phenoxy) is 1. The van der Waals surface area contributed by atoms with E-state index < -0.39 is 12.0 Å². The Morgan fingerprint density at radius 1 is 1.11 bits per heavy atom. The number of benzene rings is 2. The van der Waals surface area contributed by atoms with Gasteiger partial charge in [0.25, 0.3) is 0 Å². The van der Waals surface area contributed by atoms with Crippen molar-refractivity contribution in [2.75, 3.05) is 0 Å². The molecule has 1 N–H and O–H groups in total. The van der Waals surface area contributed by atoms with Crippen LogP contribution in [-0.4, -0.2) is 28.0 Å². The van der Waals surface area contributed by atoms with Crippen molar-refractivity contribution in [1.82, 2.24) is 10.2 Å². The van der Waals surface area contributed by atoms with Gasteiger partial charge >= 0.3 is 5.97 Å². The van der Waals surface area contributed by atoms with Crippen LogP contribution in [-0.2, 0) is 20.9 Å². The van der Waals surface area contributed by atoms with Crippen LogP contribution in [0.5, 0.6) is 0 Å². The van der Waals surface area contributed by atoms with Gasteiger partial charge in [-0.25, -0.2) is 9.79 Å². The quantitative estimate of drug-likeness (QED) is 0.518. The molecule has 0 spiro atoms. The summed E-state index contributed by atoms with van der Waals surface area (Å²) in [5, 5.41) is 5.69. The number of rotatable bonds is 7.